The molecule has 0 spiro atoms. The molecule has 0 aromatic heterocycles. The molecule has 0 aromatic carbocycles. The van der Waals surface area contributed by atoms with Gasteiger partial charge in [-0.15, -0.1) is 11.6 Å². The Bertz CT molecular complexity index is 85.0. The van der Waals surface area contributed by atoms with E-state index in [1.54, 1.807) is 0 Å². The summed E-state index contributed by atoms with van der Waals surface area (Å²) in [6.07, 6.45) is 4.19. The SMILES string of the molecule is OC1CCCC(CCl)C1. The second-order valence-electron chi connectivity index (χ2n) is 2.84. The lowest BCUT2D eigenvalue weighted by Crippen LogP contribution is -2.20. The Morgan fingerprint density at radius 2 is 2.22 bits per heavy atom. The van der Waals surface area contributed by atoms with Crippen LogP contribution in [0, 0.1) is 5.92 Å². The highest BCUT2D eigenvalue weighted by Crippen LogP contribution is 2.24. The molecule has 2 atom stereocenters. The molecular formula is C7H13ClO. The van der Waals surface area contributed by atoms with Crippen molar-refractivity contribution in [1.29, 1.82) is 0 Å². The highest BCUT2D eigenvalue weighted by molar-refractivity contribution is 6.18. The Hall–Kier alpha value is 0.250. The fourth-order valence-electron chi connectivity index (χ4n) is 1.40. The van der Waals surface area contributed by atoms with Gasteiger partial charge in [0.25, 0.3) is 0 Å². The summed E-state index contributed by atoms with van der Waals surface area (Å²) in [5.41, 5.74) is 0. The molecule has 0 saturated heterocycles. The zero-order chi connectivity index (χ0) is 6.69. The maximum atomic E-state index is 9.15. The normalized spacial score (nSPS) is 36.7. The van der Waals surface area contributed by atoms with Gasteiger partial charge in [-0.25, -0.2) is 0 Å². The first-order chi connectivity index (χ1) is 4.33. The Morgan fingerprint density at radius 3 is 2.67 bits per heavy atom. The number of hydrogen-bond donors (Lipinski definition) is 1. The van der Waals surface area contributed by atoms with Crippen LogP contribution in [0.2, 0.25) is 0 Å². The standard InChI is InChI=1S/C7H13ClO/c8-5-6-2-1-3-7(9)4-6/h6-7,9H,1-5H2. The van der Waals surface area contributed by atoms with E-state index in [4.69, 9.17) is 16.7 Å². The molecule has 0 aromatic rings. The molecule has 0 bridgehead atoms. The molecule has 1 aliphatic carbocycles. The molecule has 54 valence electrons. The molecule has 2 unspecified atom stereocenters. The van der Waals surface area contributed by atoms with Gasteiger partial charge in [0.1, 0.15) is 0 Å². The minimum atomic E-state index is -0.0671. The highest BCUT2D eigenvalue weighted by Gasteiger charge is 2.18. The molecule has 1 nitrogen and oxygen atoms in total. The van der Waals surface area contributed by atoms with E-state index in [1.807, 2.05) is 0 Å². The summed E-state index contributed by atoms with van der Waals surface area (Å²) in [7, 11) is 0. The van der Waals surface area contributed by atoms with Crippen molar-refractivity contribution in [2.24, 2.45) is 5.92 Å². The van der Waals surface area contributed by atoms with Gasteiger partial charge in [0.15, 0.2) is 0 Å². The number of aliphatic hydroxyl groups excluding tert-OH is 1. The molecule has 1 aliphatic rings. The third kappa shape index (κ3) is 2.15. The van der Waals surface area contributed by atoms with Gasteiger partial charge >= 0.3 is 0 Å². The van der Waals surface area contributed by atoms with Gasteiger partial charge < -0.3 is 5.11 Å². The van der Waals surface area contributed by atoms with Crippen LogP contribution in [0.25, 0.3) is 0 Å². The van der Waals surface area contributed by atoms with Gasteiger partial charge in [0.05, 0.1) is 6.10 Å². The molecule has 1 fully saturated rings. The van der Waals surface area contributed by atoms with Crippen molar-refractivity contribution in [3.63, 3.8) is 0 Å². The summed E-state index contributed by atoms with van der Waals surface area (Å²) in [5.74, 6) is 1.30. The van der Waals surface area contributed by atoms with Crippen molar-refractivity contribution in [2.75, 3.05) is 5.88 Å². The van der Waals surface area contributed by atoms with Crippen LogP contribution < -0.4 is 0 Å². The maximum absolute atomic E-state index is 9.15. The summed E-state index contributed by atoms with van der Waals surface area (Å²) in [4.78, 5) is 0. The fraction of sp³-hybridized carbons (Fsp3) is 1.00. The molecule has 0 aliphatic heterocycles. The smallest absolute Gasteiger partial charge is 0.0543 e. The predicted molar refractivity (Wildman–Crippen MR) is 38.7 cm³/mol. The van der Waals surface area contributed by atoms with Crippen molar-refractivity contribution >= 4 is 11.6 Å². The lowest BCUT2D eigenvalue weighted by Gasteiger charge is -2.23. The van der Waals surface area contributed by atoms with Crippen molar-refractivity contribution in [1.82, 2.24) is 0 Å². The number of hydrogen-bond acceptors (Lipinski definition) is 1. The number of alkyl halides is 1. The van der Waals surface area contributed by atoms with Crippen LogP contribution in [-0.4, -0.2) is 17.1 Å². The third-order valence-corrected chi connectivity index (χ3v) is 2.41. The van der Waals surface area contributed by atoms with Crippen LogP contribution in [0.1, 0.15) is 25.7 Å². The van der Waals surface area contributed by atoms with Crippen molar-refractivity contribution in [2.45, 2.75) is 31.8 Å². The quantitative estimate of drug-likeness (QED) is 0.562. The van der Waals surface area contributed by atoms with Crippen molar-refractivity contribution < 1.29 is 5.11 Å². The number of aliphatic hydroxyl groups is 1. The summed E-state index contributed by atoms with van der Waals surface area (Å²) < 4.78 is 0. The van der Waals surface area contributed by atoms with E-state index >= 15 is 0 Å². The van der Waals surface area contributed by atoms with Crippen molar-refractivity contribution in [3.05, 3.63) is 0 Å². The van der Waals surface area contributed by atoms with Crippen LogP contribution >= 0.6 is 11.6 Å². The van der Waals surface area contributed by atoms with E-state index < -0.39 is 0 Å². The zero-order valence-corrected chi connectivity index (χ0v) is 6.27. The second kappa shape index (κ2) is 3.43. The van der Waals surface area contributed by atoms with Gasteiger partial charge in [-0.3, -0.25) is 0 Å². The Labute approximate surface area is 61.0 Å². The summed E-state index contributed by atoms with van der Waals surface area (Å²) in [5, 5.41) is 9.15. The highest BCUT2D eigenvalue weighted by atomic mass is 35.5. The molecule has 2 heteroatoms. The largest absolute Gasteiger partial charge is 0.393 e. The van der Waals surface area contributed by atoms with E-state index in [2.05, 4.69) is 0 Å². The lowest BCUT2D eigenvalue weighted by atomic mass is 9.89. The van der Waals surface area contributed by atoms with Gasteiger partial charge in [-0.05, 0) is 25.2 Å². The van der Waals surface area contributed by atoms with Crippen LogP contribution in [0.4, 0.5) is 0 Å². The lowest BCUT2D eigenvalue weighted by molar-refractivity contribution is 0.107. The number of halogens is 1. The first-order valence-electron chi connectivity index (χ1n) is 3.57. The Balaban J connectivity index is 2.23. The summed E-state index contributed by atoms with van der Waals surface area (Å²) in [6.45, 7) is 0. The second-order valence-corrected chi connectivity index (χ2v) is 3.15. The van der Waals surface area contributed by atoms with Crippen LogP contribution in [-0.2, 0) is 0 Å². The van der Waals surface area contributed by atoms with Gasteiger partial charge in [0, 0.05) is 5.88 Å². The third-order valence-electron chi connectivity index (χ3n) is 1.97. The fourth-order valence-corrected chi connectivity index (χ4v) is 1.68. The molecule has 1 N–H and O–H groups in total. The monoisotopic (exact) mass is 148 g/mol. The summed E-state index contributed by atoms with van der Waals surface area (Å²) >= 11 is 5.63. The average molecular weight is 149 g/mol. The minimum absolute atomic E-state index is 0.0671. The van der Waals surface area contributed by atoms with Crippen molar-refractivity contribution in [3.8, 4) is 0 Å². The topological polar surface area (TPSA) is 20.2 Å². The summed E-state index contributed by atoms with van der Waals surface area (Å²) in [6, 6.07) is 0. The predicted octanol–water partition coefficient (Wildman–Crippen LogP) is 1.78. The van der Waals surface area contributed by atoms with E-state index in [0.717, 1.165) is 25.1 Å². The zero-order valence-electron chi connectivity index (χ0n) is 5.52. The first-order valence-corrected chi connectivity index (χ1v) is 4.10. The molecule has 0 radical (unpaired) electrons. The average Bonchev–Trinajstić information content (AvgIpc) is 1.88. The number of rotatable bonds is 1. The van der Waals surface area contributed by atoms with Gasteiger partial charge in [-0.1, -0.05) is 6.42 Å². The van der Waals surface area contributed by atoms with Gasteiger partial charge in [0.2, 0.25) is 0 Å². The first kappa shape index (κ1) is 7.36. The Kier molecular flexibility index (Phi) is 2.80. The molecular weight excluding hydrogens is 136 g/mol. The maximum Gasteiger partial charge on any atom is 0.0543 e. The van der Waals surface area contributed by atoms with E-state index in [1.165, 1.54) is 6.42 Å². The molecule has 9 heavy (non-hydrogen) atoms. The van der Waals surface area contributed by atoms with Gasteiger partial charge in [-0.2, -0.15) is 0 Å². The van der Waals surface area contributed by atoms with E-state index in [0.29, 0.717) is 5.92 Å². The molecule has 1 rings (SSSR count). The van der Waals surface area contributed by atoms with E-state index in [9.17, 15) is 0 Å². The molecule has 1 saturated carbocycles. The van der Waals surface area contributed by atoms with Crippen LogP contribution in [0.15, 0.2) is 0 Å². The molecule has 0 amide bonds. The molecule has 0 heterocycles. The van der Waals surface area contributed by atoms with Crippen LogP contribution in [0.5, 0.6) is 0 Å². The minimum Gasteiger partial charge on any atom is -0.393 e. The van der Waals surface area contributed by atoms with Crippen LogP contribution in [0.3, 0.4) is 0 Å². The Morgan fingerprint density at radius 1 is 1.44 bits per heavy atom. The van der Waals surface area contributed by atoms with E-state index in [-0.39, 0.29) is 6.10 Å².